The Hall–Kier alpha value is -2.67. The lowest BCUT2D eigenvalue weighted by Crippen LogP contribution is -2.18. The van der Waals surface area contributed by atoms with Gasteiger partial charge in [-0.1, -0.05) is 12.1 Å². The molecule has 1 N–H and O–H groups in total. The molecular weight excluding hydrogens is 344 g/mol. The van der Waals surface area contributed by atoms with Gasteiger partial charge in [-0.05, 0) is 49.2 Å². The monoisotopic (exact) mass is 363 g/mol. The Kier molecular flexibility index (Phi) is 6.01. The molecule has 2 aromatic rings. The minimum Gasteiger partial charge on any atom is -0.489 e. The van der Waals surface area contributed by atoms with Crippen molar-refractivity contribution in [2.75, 3.05) is 18.5 Å². The zero-order valence-corrected chi connectivity index (χ0v) is 14.0. The Bertz CT molecular complexity index is 731. The highest BCUT2D eigenvalue weighted by Gasteiger charge is 2.17. The number of nitrogens with one attached hydrogen (secondary N) is 1. The molecule has 1 atom stereocenters. The minimum absolute atomic E-state index is 0.00292. The van der Waals surface area contributed by atoms with Crippen LogP contribution in [0.15, 0.2) is 48.5 Å². The highest BCUT2D eigenvalue weighted by Crippen LogP contribution is 2.26. The maximum atomic E-state index is 12.4. The van der Waals surface area contributed by atoms with Crippen molar-refractivity contribution in [2.24, 2.45) is 0 Å². The van der Waals surface area contributed by atoms with E-state index in [1.54, 1.807) is 18.2 Å². The lowest BCUT2D eigenvalue weighted by molar-refractivity contribution is -0.0498. The topological polar surface area (TPSA) is 56.8 Å². The number of benzene rings is 2. The molecule has 0 saturated carbocycles. The summed E-state index contributed by atoms with van der Waals surface area (Å²) in [5, 5.41) is 2.77. The number of carbonyl (C=O) groups is 1. The van der Waals surface area contributed by atoms with Gasteiger partial charge in [0, 0.05) is 12.2 Å². The number of hydrogen-bond donors (Lipinski definition) is 1. The second kappa shape index (κ2) is 8.62. The summed E-state index contributed by atoms with van der Waals surface area (Å²) in [6, 6.07) is 12.6. The lowest BCUT2D eigenvalue weighted by Gasteiger charge is -2.15. The molecule has 1 unspecified atom stereocenters. The van der Waals surface area contributed by atoms with Crippen LogP contribution in [0.25, 0.3) is 0 Å². The van der Waals surface area contributed by atoms with E-state index in [0.29, 0.717) is 23.6 Å². The van der Waals surface area contributed by atoms with Crippen LogP contribution in [-0.2, 0) is 4.74 Å². The molecule has 7 heteroatoms. The second-order valence-electron chi connectivity index (χ2n) is 5.80. The average molecular weight is 363 g/mol. The third-order valence-corrected chi connectivity index (χ3v) is 3.93. The Labute approximate surface area is 149 Å². The smallest absolute Gasteiger partial charge is 0.387 e. The van der Waals surface area contributed by atoms with Crippen molar-refractivity contribution in [2.45, 2.75) is 25.6 Å². The standard InChI is InChI=1S/C19H19F2NO4/c20-19(21)26-14-9-7-13(8-10-14)18(23)22-16-5-1-2-6-17(16)25-12-15-4-3-11-24-15/h1-2,5-10,15,19H,3-4,11-12H2,(H,22,23). The molecule has 0 spiro atoms. The predicted octanol–water partition coefficient (Wildman–Crippen LogP) is 4.10. The van der Waals surface area contributed by atoms with Crippen LogP contribution in [0, 0.1) is 0 Å². The molecule has 1 saturated heterocycles. The van der Waals surface area contributed by atoms with Crippen molar-refractivity contribution in [3.8, 4) is 11.5 Å². The molecule has 0 bridgehead atoms. The Morgan fingerprint density at radius 3 is 2.65 bits per heavy atom. The van der Waals surface area contributed by atoms with E-state index >= 15 is 0 Å². The third kappa shape index (κ3) is 4.92. The molecule has 0 aliphatic carbocycles. The molecule has 1 amide bonds. The number of rotatable bonds is 7. The van der Waals surface area contributed by atoms with E-state index in [9.17, 15) is 13.6 Å². The third-order valence-electron chi connectivity index (χ3n) is 3.93. The molecule has 1 aliphatic rings. The molecule has 138 valence electrons. The van der Waals surface area contributed by atoms with Gasteiger partial charge >= 0.3 is 6.61 Å². The first kappa shape index (κ1) is 18.1. The van der Waals surface area contributed by atoms with Gasteiger partial charge < -0.3 is 19.5 Å². The highest BCUT2D eigenvalue weighted by molar-refractivity contribution is 6.05. The number of alkyl halides is 2. The number of ether oxygens (including phenoxy) is 3. The molecule has 1 aliphatic heterocycles. The van der Waals surface area contributed by atoms with Gasteiger partial charge in [0.1, 0.15) is 18.1 Å². The zero-order chi connectivity index (χ0) is 18.4. The fourth-order valence-electron chi connectivity index (χ4n) is 2.64. The maximum absolute atomic E-state index is 12.4. The molecule has 2 aromatic carbocycles. The summed E-state index contributed by atoms with van der Waals surface area (Å²) in [5.41, 5.74) is 0.851. The molecule has 5 nitrogen and oxygen atoms in total. The van der Waals surface area contributed by atoms with Gasteiger partial charge in [-0.3, -0.25) is 4.79 Å². The molecule has 0 aromatic heterocycles. The highest BCUT2D eigenvalue weighted by atomic mass is 19.3. The summed E-state index contributed by atoms with van der Waals surface area (Å²) < 4.78 is 39.9. The number of anilines is 1. The van der Waals surface area contributed by atoms with Gasteiger partial charge in [0.15, 0.2) is 0 Å². The Morgan fingerprint density at radius 1 is 1.19 bits per heavy atom. The van der Waals surface area contributed by atoms with Crippen LogP contribution in [0.4, 0.5) is 14.5 Å². The SMILES string of the molecule is O=C(Nc1ccccc1OCC1CCCO1)c1ccc(OC(F)F)cc1. The van der Waals surface area contributed by atoms with E-state index in [0.717, 1.165) is 19.4 Å². The largest absolute Gasteiger partial charge is 0.489 e. The number of carbonyl (C=O) groups excluding carboxylic acids is 1. The van der Waals surface area contributed by atoms with Crippen molar-refractivity contribution in [1.29, 1.82) is 0 Å². The van der Waals surface area contributed by atoms with Gasteiger partial charge in [0.2, 0.25) is 0 Å². The molecular formula is C19H19F2NO4. The van der Waals surface area contributed by atoms with Gasteiger partial charge in [-0.15, -0.1) is 0 Å². The first-order valence-corrected chi connectivity index (χ1v) is 8.31. The van der Waals surface area contributed by atoms with Crippen LogP contribution in [0.5, 0.6) is 11.5 Å². The van der Waals surface area contributed by atoms with E-state index < -0.39 is 6.61 Å². The first-order valence-electron chi connectivity index (χ1n) is 8.31. The summed E-state index contributed by atoms with van der Waals surface area (Å²) in [4.78, 5) is 12.4. The van der Waals surface area contributed by atoms with Crippen LogP contribution in [-0.4, -0.2) is 31.8 Å². The minimum atomic E-state index is -2.90. The number of para-hydroxylation sites is 2. The van der Waals surface area contributed by atoms with E-state index in [1.807, 2.05) is 6.07 Å². The van der Waals surface area contributed by atoms with E-state index in [4.69, 9.17) is 9.47 Å². The van der Waals surface area contributed by atoms with Crippen LogP contribution >= 0.6 is 0 Å². The fourth-order valence-corrected chi connectivity index (χ4v) is 2.64. The van der Waals surface area contributed by atoms with Crippen LogP contribution in [0.1, 0.15) is 23.2 Å². The van der Waals surface area contributed by atoms with Gasteiger partial charge in [-0.2, -0.15) is 8.78 Å². The molecule has 1 heterocycles. The zero-order valence-electron chi connectivity index (χ0n) is 14.0. The van der Waals surface area contributed by atoms with Crippen molar-refractivity contribution < 1.29 is 27.8 Å². The van der Waals surface area contributed by atoms with Crippen molar-refractivity contribution in [3.05, 3.63) is 54.1 Å². The predicted molar refractivity (Wildman–Crippen MR) is 91.9 cm³/mol. The van der Waals surface area contributed by atoms with Crippen molar-refractivity contribution in [3.63, 3.8) is 0 Å². The van der Waals surface area contributed by atoms with E-state index in [1.165, 1.54) is 24.3 Å². The molecule has 3 rings (SSSR count). The van der Waals surface area contributed by atoms with Crippen LogP contribution in [0.2, 0.25) is 0 Å². The first-order chi connectivity index (χ1) is 12.6. The van der Waals surface area contributed by atoms with E-state index in [2.05, 4.69) is 10.1 Å². The lowest BCUT2D eigenvalue weighted by atomic mass is 10.2. The summed E-state index contributed by atoms with van der Waals surface area (Å²) in [6.07, 6.45) is 2.06. The van der Waals surface area contributed by atoms with Gasteiger partial charge in [0.25, 0.3) is 5.91 Å². The number of halogens is 2. The average Bonchev–Trinajstić information content (AvgIpc) is 3.14. The summed E-state index contributed by atoms with van der Waals surface area (Å²) in [6.45, 7) is -1.73. The Balaban J connectivity index is 1.63. The quantitative estimate of drug-likeness (QED) is 0.805. The summed E-state index contributed by atoms with van der Waals surface area (Å²) in [7, 11) is 0. The van der Waals surface area contributed by atoms with Gasteiger partial charge in [-0.25, -0.2) is 0 Å². The molecule has 26 heavy (non-hydrogen) atoms. The van der Waals surface area contributed by atoms with Crippen LogP contribution < -0.4 is 14.8 Å². The van der Waals surface area contributed by atoms with Crippen molar-refractivity contribution >= 4 is 11.6 Å². The fraction of sp³-hybridized carbons (Fsp3) is 0.316. The second-order valence-corrected chi connectivity index (χ2v) is 5.80. The number of amides is 1. The number of hydrogen-bond acceptors (Lipinski definition) is 4. The van der Waals surface area contributed by atoms with Gasteiger partial charge in [0.05, 0.1) is 11.8 Å². The van der Waals surface area contributed by atoms with E-state index in [-0.39, 0.29) is 17.8 Å². The summed E-state index contributed by atoms with van der Waals surface area (Å²) in [5.74, 6) is 0.174. The van der Waals surface area contributed by atoms with Crippen LogP contribution in [0.3, 0.4) is 0 Å². The maximum Gasteiger partial charge on any atom is 0.387 e. The summed E-state index contributed by atoms with van der Waals surface area (Å²) >= 11 is 0. The normalized spacial score (nSPS) is 16.5. The Morgan fingerprint density at radius 2 is 1.96 bits per heavy atom. The molecule has 0 radical (unpaired) electrons. The van der Waals surface area contributed by atoms with Crippen molar-refractivity contribution in [1.82, 2.24) is 0 Å². The molecule has 1 fully saturated rings.